The summed E-state index contributed by atoms with van der Waals surface area (Å²) in [7, 11) is 0. The van der Waals surface area contributed by atoms with Crippen molar-refractivity contribution < 1.29 is 24.5 Å². The molecule has 0 bridgehead atoms. The van der Waals surface area contributed by atoms with Crippen LogP contribution in [0, 0.1) is 20.2 Å². The number of aliphatic hydroxyl groups is 1. The zero-order chi connectivity index (χ0) is 18.4. The molecule has 0 unspecified atom stereocenters. The zero-order valence-electron chi connectivity index (χ0n) is 12.7. The number of carbonyl (C=O) groups is 1. The van der Waals surface area contributed by atoms with Gasteiger partial charge in [-0.2, -0.15) is 0 Å². The van der Waals surface area contributed by atoms with Gasteiger partial charge in [-0.1, -0.05) is 18.2 Å². The lowest BCUT2D eigenvalue weighted by Gasteiger charge is -2.12. The number of aliphatic hydroxyl groups excluding tert-OH is 1. The van der Waals surface area contributed by atoms with Gasteiger partial charge in [-0.15, -0.1) is 0 Å². The number of nitrogens with zero attached hydrogens (tertiary/aromatic N) is 2. The number of carbonyl (C=O) groups excluding carboxylic acids is 1. The number of ether oxygens (including phenoxy) is 1. The van der Waals surface area contributed by atoms with E-state index in [0.717, 1.165) is 12.1 Å². The molecule has 0 atom stereocenters. The first kappa shape index (κ1) is 17.8. The number of hydrogen-bond acceptors (Lipinski definition) is 7. The van der Waals surface area contributed by atoms with Crippen LogP contribution in [0.5, 0.6) is 5.75 Å². The summed E-state index contributed by atoms with van der Waals surface area (Å²) in [6, 6.07) is 9.64. The van der Waals surface area contributed by atoms with Gasteiger partial charge in [-0.25, -0.2) is 0 Å². The molecule has 2 aromatic rings. The minimum absolute atomic E-state index is 0.233. The van der Waals surface area contributed by atoms with E-state index in [9.17, 15) is 25.0 Å². The molecule has 130 valence electrons. The van der Waals surface area contributed by atoms with E-state index < -0.39 is 33.7 Å². The predicted octanol–water partition coefficient (Wildman–Crippen LogP) is 2.13. The molecule has 0 aliphatic carbocycles. The summed E-state index contributed by atoms with van der Waals surface area (Å²) >= 11 is 0. The standard InChI is InChI=1S/C15H13N3O7/c19-6-7-25-14-12(16-15(20)10-4-2-1-3-5-10)8-11(17(21)22)9-13(14)18(23)24/h1-5,8-9,19H,6-7H2,(H,16,20). The maximum absolute atomic E-state index is 12.2. The minimum Gasteiger partial charge on any atom is -0.483 e. The molecule has 2 aromatic carbocycles. The maximum Gasteiger partial charge on any atom is 0.320 e. The monoisotopic (exact) mass is 347 g/mol. The van der Waals surface area contributed by atoms with Crippen LogP contribution in [0.4, 0.5) is 17.1 Å². The first-order chi connectivity index (χ1) is 11.9. The summed E-state index contributed by atoms with van der Waals surface area (Å²) in [5.41, 5.74) is -1.25. The van der Waals surface area contributed by atoms with Crippen molar-refractivity contribution in [3.8, 4) is 5.75 Å². The normalized spacial score (nSPS) is 10.1. The number of nitro groups is 2. The fourth-order valence-corrected chi connectivity index (χ4v) is 2.02. The Hall–Kier alpha value is -3.53. The molecule has 0 aromatic heterocycles. The highest BCUT2D eigenvalue weighted by Crippen LogP contribution is 2.39. The molecule has 0 saturated heterocycles. The number of benzene rings is 2. The molecule has 2 N–H and O–H groups in total. The number of nitro benzene ring substituents is 2. The maximum atomic E-state index is 12.2. The Morgan fingerprint density at radius 1 is 1.12 bits per heavy atom. The second kappa shape index (κ2) is 7.84. The molecule has 0 aliphatic heterocycles. The fraction of sp³-hybridized carbons (Fsp3) is 0.133. The molecule has 0 spiro atoms. The summed E-state index contributed by atoms with van der Waals surface area (Å²) in [6.07, 6.45) is 0. The van der Waals surface area contributed by atoms with Crippen LogP contribution < -0.4 is 10.1 Å². The van der Waals surface area contributed by atoms with Gasteiger partial charge in [0, 0.05) is 11.6 Å². The molecule has 0 radical (unpaired) electrons. The average Bonchev–Trinajstić information content (AvgIpc) is 2.60. The Balaban J connectivity index is 2.50. The van der Waals surface area contributed by atoms with E-state index in [4.69, 9.17) is 9.84 Å². The van der Waals surface area contributed by atoms with Gasteiger partial charge in [-0.3, -0.25) is 25.0 Å². The third kappa shape index (κ3) is 4.26. The molecule has 10 nitrogen and oxygen atoms in total. The van der Waals surface area contributed by atoms with Gasteiger partial charge in [0.05, 0.1) is 28.2 Å². The average molecular weight is 347 g/mol. The Labute approximate surface area is 141 Å². The molecule has 0 fully saturated rings. The summed E-state index contributed by atoms with van der Waals surface area (Å²) in [5, 5.41) is 33.4. The Kier molecular flexibility index (Phi) is 5.58. The lowest BCUT2D eigenvalue weighted by Crippen LogP contribution is -2.14. The van der Waals surface area contributed by atoms with E-state index in [1.807, 2.05) is 0 Å². The lowest BCUT2D eigenvalue weighted by atomic mass is 10.2. The van der Waals surface area contributed by atoms with E-state index in [2.05, 4.69) is 5.32 Å². The summed E-state index contributed by atoms with van der Waals surface area (Å²) < 4.78 is 5.12. The van der Waals surface area contributed by atoms with Crippen molar-refractivity contribution in [3.63, 3.8) is 0 Å². The van der Waals surface area contributed by atoms with Crippen LogP contribution in [0.15, 0.2) is 42.5 Å². The fourth-order valence-electron chi connectivity index (χ4n) is 2.02. The van der Waals surface area contributed by atoms with Gasteiger partial charge < -0.3 is 15.2 Å². The molecule has 1 amide bonds. The van der Waals surface area contributed by atoms with Crippen molar-refractivity contribution >= 4 is 23.0 Å². The molecule has 2 rings (SSSR count). The number of nitrogens with one attached hydrogen (secondary N) is 1. The van der Waals surface area contributed by atoms with Gasteiger partial charge in [-0.05, 0) is 12.1 Å². The zero-order valence-corrected chi connectivity index (χ0v) is 12.7. The predicted molar refractivity (Wildman–Crippen MR) is 86.7 cm³/mol. The highest BCUT2D eigenvalue weighted by molar-refractivity contribution is 6.05. The molecular formula is C15H13N3O7. The van der Waals surface area contributed by atoms with Crippen molar-refractivity contribution in [2.75, 3.05) is 18.5 Å². The van der Waals surface area contributed by atoms with E-state index >= 15 is 0 Å². The van der Waals surface area contributed by atoms with Crippen molar-refractivity contribution in [2.24, 2.45) is 0 Å². The highest BCUT2D eigenvalue weighted by atomic mass is 16.6. The summed E-state index contributed by atoms with van der Waals surface area (Å²) in [5.74, 6) is -0.988. The first-order valence-corrected chi connectivity index (χ1v) is 7.01. The van der Waals surface area contributed by atoms with Crippen LogP contribution in [0.3, 0.4) is 0 Å². The molecule has 0 heterocycles. The summed E-state index contributed by atoms with van der Waals surface area (Å²) in [6.45, 7) is -0.715. The molecular weight excluding hydrogens is 334 g/mol. The van der Waals surface area contributed by atoms with Crippen molar-refractivity contribution in [1.82, 2.24) is 0 Å². The smallest absolute Gasteiger partial charge is 0.320 e. The number of rotatable bonds is 7. The Bertz CT molecular complexity index is 808. The molecule has 10 heteroatoms. The van der Waals surface area contributed by atoms with Crippen LogP contribution in [-0.2, 0) is 0 Å². The number of anilines is 1. The summed E-state index contributed by atoms with van der Waals surface area (Å²) in [4.78, 5) is 32.8. The van der Waals surface area contributed by atoms with Gasteiger partial charge in [0.1, 0.15) is 6.61 Å². The molecule has 25 heavy (non-hydrogen) atoms. The van der Waals surface area contributed by atoms with Crippen LogP contribution in [-0.4, -0.2) is 34.1 Å². The van der Waals surface area contributed by atoms with Gasteiger partial charge in [0.2, 0.25) is 5.75 Å². The topological polar surface area (TPSA) is 145 Å². The van der Waals surface area contributed by atoms with Crippen LogP contribution in [0.25, 0.3) is 0 Å². The Morgan fingerprint density at radius 2 is 1.80 bits per heavy atom. The van der Waals surface area contributed by atoms with Gasteiger partial charge in [0.25, 0.3) is 11.6 Å². The van der Waals surface area contributed by atoms with Crippen LogP contribution in [0.1, 0.15) is 10.4 Å². The highest BCUT2D eigenvalue weighted by Gasteiger charge is 2.26. The SMILES string of the molecule is O=C(Nc1cc([N+](=O)[O-])cc([N+](=O)[O-])c1OCCO)c1ccccc1. The largest absolute Gasteiger partial charge is 0.483 e. The molecule has 0 aliphatic rings. The number of amides is 1. The van der Waals surface area contributed by atoms with E-state index in [-0.39, 0.29) is 23.6 Å². The van der Waals surface area contributed by atoms with Crippen LogP contribution in [0.2, 0.25) is 0 Å². The number of hydrogen-bond donors (Lipinski definition) is 2. The Morgan fingerprint density at radius 3 is 2.36 bits per heavy atom. The lowest BCUT2D eigenvalue weighted by molar-refractivity contribution is -0.394. The van der Waals surface area contributed by atoms with Crippen molar-refractivity contribution in [3.05, 3.63) is 68.3 Å². The second-order valence-electron chi connectivity index (χ2n) is 4.75. The van der Waals surface area contributed by atoms with Gasteiger partial charge >= 0.3 is 5.69 Å². The van der Waals surface area contributed by atoms with E-state index in [1.165, 1.54) is 12.1 Å². The van der Waals surface area contributed by atoms with E-state index in [1.54, 1.807) is 18.2 Å². The van der Waals surface area contributed by atoms with E-state index in [0.29, 0.717) is 0 Å². The molecule has 0 saturated carbocycles. The second-order valence-corrected chi connectivity index (χ2v) is 4.75. The van der Waals surface area contributed by atoms with Crippen molar-refractivity contribution in [2.45, 2.75) is 0 Å². The van der Waals surface area contributed by atoms with Gasteiger partial charge in [0.15, 0.2) is 0 Å². The third-order valence-corrected chi connectivity index (χ3v) is 3.08. The van der Waals surface area contributed by atoms with Crippen molar-refractivity contribution in [1.29, 1.82) is 0 Å². The van der Waals surface area contributed by atoms with Crippen LogP contribution >= 0.6 is 0 Å². The minimum atomic E-state index is -0.863. The first-order valence-electron chi connectivity index (χ1n) is 7.01. The number of non-ortho nitro benzene ring substituents is 1. The quantitative estimate of drug-likeness (QED) is 0.576. The third-order valence-electron chi connectivity index (χ3n) is 3.08.